The van der Waals surface area contributed by atoms with Gasteiger partial charge in [-0.2, -0.15) is 0 Å². The molecule has 0 bridgehead atoms. The second-order valence-electron chi connectivity index (χ2n) is 5.25. The van der Waals surface area contributed by atoms with Crippen molar-refractivity contribution >= 4 is 0 Å². The third kappa shape index (κ3) is 3.91. The van der Waals surface area contributed by atoms with Gasteiger partial charge in [0, 0.05) is 52.4 Å². The van der Waals surface area contributed by atoms with Gasteiger partial charge in [0.2, 0.25) is 0 Å². The summed E-state index contributed by atoms with van der Waals surface area (Å²) < 4.78 is 0. The van der Waals surface area contributed by atoms with Gasteiger partial charge in [0.15, 0.2) is 0 Å². The lowest BCUT2D eigenvalue weighted by Gasteiger charge is -2.40. The molecule has 2 heterocycles. The van der Waals surface area contributed by atoms with Gasteiger partial charge in [-0.05, 0) is 13.1 Å². The van der Waals surface area contributed by atoms with Crippen molar-refractivity contribution in [3.63, 3.8) is 0 Å². The van der Waals surface area contributed by atoms with Gasteiger partial charge in [0.1, 0.15) is 0 Å². The standard InChI is InChI=1S/C13H28N4/c1-3-14-5-9-16(10-6-14)13-17-11-7-15(4-2)8-12-17/h3-13H2,1-2H3. The second kappa shape index (κ2) is 6.69. The fourth-order valence-corrected chi connectivity index (χ4v) is 2.78. The van der Waals surface area contributed by atoms with Crippen LogP contribution in [0.4, 0.5) is 0 Å². The fourth-order valence-electron chi connectivity index (χ4n) is 2.78. The van der Waals surface area contributed by atoms with Crippen molar-refractivity contribution in [2.75, 3.05) is 72.1 Å². The van der Waals surface area contributed by atoms with E-state index in [2.05, 4.69) is 33.4 Å². The van der Waals surface area contributed by atoms with Gasteiger partial charge in [0.05, 0.1) is 6.67 Å². The zero-order chi connectivity index (χ0) is 12.1. The van der Waals surface area contributed by atoms with E-state index in [4.69, 9.17) is 0 Å². The third-order valence-corrected chi connectivity index (χ3v) is 4.22. The van der Waals surface area contributed by atoms with Crippen LogP contribution in [0.1, 0.15) is 13.8 Å². The number of hydrogen-bond donors (Lipinski definition) is 0. The normalized spacial score (nSPS) is 26.5. The zero-order valence-corrected chi connectivity index (χ0v) is 11.6. The van der Waals surface area contributed by atoms with Crippen molar-refractivity contribution < 1.29 is 0 Å². The van der Waals surface area contributed by atoms with Crippen LogP contribution in [0.2, 0.25) is 0 Å². The zero-order valence-electron chi connectivity index (χ0n) is 11.6. The minimum atomic E-state index is 1.19. The Hall–Kier alpha value is -0.160. The summed E-state index contributed by atoms with van der Waals surface area (Å²) in [6.07, 6.45) is 0. The molecule has 0 spiro atoms. The van der Waals surface area contributed by atoms with Crippen LogP contribution in [-0.4, -0.2) is 91.7 Å². The fraction of sp³-hybridized carbons (Fsp3) is 1.00. The van der Waals surface area contributed by atoms with Gasteiger partial charge in [0.25, 0.3) is 0 Å². The molecule has 4 heteroatoms. The van der Waals surface area contributed by atoms with E-state index in [1.54, 1.807) is 0 Å². The molecule has 0 N–H and O–H groups in total. The monoisotopic (exact) mass is 240 g/mol. The first kappa shape index (κ1) is 13.3. The first-order valence-corrected chi connectivity index (χ1v) is 7.21. The second-order valence-corrected chi connectivity index (χ2v) is 5.25. The van der Waals surface area contributed by atoms with Gasteiger partial charge in [-0.25, -0.2) is 0 Å². The molecule has 17 heavy (non-hydrogen) atoms. The highest BCUT2D eigenvalue weighted by Gasteiger charge is 2.20. The van der Waals surface area contributed by atoms with Gasteiger partial charge in [-0.3, -0.25) is 9.80 Å². The van der Waals surface area contributed by atoms with Crippen molar-refractivity contribution in [1.82, 2.24) is 19.6 Å². The highest BCUT2D eigenvalue weighted by molar-refractivity contribution is 4.75. The summed E-state index contributed by atoms with van der Waals surface area (Å²) in [5.74, 6) is 0. The van der Waals surface area contributed by atoms with Gasteiger partial charge < -0.3 is 9.80 Å². The maximum atomic E-state index is 2.62. The van der Waals surface area contributed by atoms with Crippen LogP contribution in [-0.2, 0) is 0 Å². The lowest BCUT2D eigenvalue weighted by molar-refractivity contribution is 0.0472. The lowest BCUT2D eigenvalue weighted by Crippen LogP contribution is -2.53. The minimum absolute atomic E-state index is 1.19. The Morgan fingerprint density at radius 1 is 0.529 bits per heavy atom. The number of piperazine rings is 2. The maximum absolute atomic E-state index is 2.62. The summed E-state index contributed by atoms with van der Waals surface area (Å²) in [6.45, 7) is 18.2. The van der Waals surface area contributed by atoms with Gasteiger partial charge >= 0.3 is 0 Å². The topological polar surface area (TPSA) is 13.0 Å². The predicted molar refractivity (Wildman–Crippen MR) is 72.2 cm³/mol. The molecular formula is C13H28N4. The minimum Gasteiger partial charge on any atom is -0.301 e. The Kier molecular flexibility index (Phi) is 5.22. The number of likely N-dealkylation sites (N-methyl/N-ethyl adjacent to an activating group) is 2. The van der Waals surface area contributed by atoms with E-state index < -0.39 is 0 Å². The lowest BCUT2D eigenvalue weighted by atomic mass is 10.3. The molecule has 2 fully saturated rings. The van der Waals surface area contributed by atoms with Crippen molar-refractivity contribution in [1.29, 1.82) is 0 Å². The first-order chi connectivity index (χ1) is 8.31. The van der Waals surface area contributed by atoms with Crippen LogP contribution in [0, 0.1) is 0 Å². The van der Waals surface area contributed by atoms with E-state index in [1.807, 2.05) is 0 Å². The predicted octanol–water partition coefficient (Wildman–Crippen LogP) is 0.219. The molecule has 0 aliphatic carbocycles. The van der Waals surface area contributed by atoms with Gasteiger partial charge in [-0.1, -0.05) is 13.8 Å². The van der Waals surface area contributed by atoms with E-state index in [-0.39, 0.29) is 0 Å². The summed E-state index contributed by atoms with van der Waals surface area (Å²) in [5.41, 5.74) is 0. The SMILES string of the molecule is CCN1CCN(CN2CCN(CC)CC2)CC1. The Morgan fingerprint density at radius 2 is 0.824 bits per heavy atom. The van der Waals surface area contributed by atoms with Crippen LogP contribution >= 0.6 is 0 Å². The molecule has 0 aromatic rings. The average molecular weight is 240 g/mol. The summed E-state index contributed by atoms with van der Waals surface area (Å²) in [4.78, 5) is 10.3. The third-order valence-electron chi connectivity index (χ3n) is 4.22. The van der Waals surface area contributed by atoms with Crippen LogP contribution in [0.15, 0.2) is 0 Å². The average Bonchev–Trinajstić information content (AvgIpc) is 2.40. The molecule has 0 unspecified atom stereocenters. The summed E-state index contributed by atoms with van der Waals surface area (Å²) >= 11 is 0. The molecule has 0 aromatic carbocycles. The Labute approximate surface area is 106 Å². The Bertz CT molecular complexity index is 183. The summed E-state index contributed by atoms with van der Waals surface area (Å²) in [7, 11) is 0. The molecule has 100 valence electrons. The van der Waals surface area contributed by atoms with Gasteiger partial charge in [-0.15, -0.1) is 0 Å². The number of nitrogens with zero attached hydrogens (tertiary/aromatic N) is 4. The van der Waals surface area contributed by atoms with E-state index >= 15 is 0 Å². The molecule has 0 aromatic heterocycles. The quantitative estimate of drug-likeness (QED) is 0.697. The molecule has 0 atom stereocenters. The number of rotatable bonds is 4. The van der Waals surface area contributed by atoms with Crippen LogP contribution in [0.25, 0.3) is 0 Å². The van der Waals surface area contributed by atoms with E-state index in [0.717, 1.165) is 0 Å². The molecule has 2 aliphatic rings. The highest BCUT2D eigenvalue weighted by Crippen LogP contribution is 2.06. The largest absolute Gasteiger partial charge is 0.301 e. The molecular weight excluding hydrogens is 212 g/mol. The smallest absolute Gasteiger partial charge is 0.0508 e. The van der Waals surface area contributed by atoms with Crippen molar-refractivity contribution in [2.45, 2.75) is 13.8 Å². The van der Waals surface area contributed by atoms with E-state index in [9.17, 15) is 0 Å². The molecule has 0 radical (unpaired) electrons. The van der Waals surface area contributed by atoms with Crippen LogP contribution in [0.5, 0.6) is 0 Å². The van der Waals surface area contributed by atoms with E-state index in [0.29, 0.717) is 0 Å². The summed E-state index contributed by atoms with van der Waals surface area (Å²) in [5, 5.41) is 0. The number of hydrogen-bond acceptors (Lipinski definition) is 4. The molecule has 0 saturated carbocycles. The van der Waals surface area contributed by atoms with Crippen LogP contribution in [0.3, 0.4) is 0 Å². The van der Waals surface area contributed by atoms with Crippen molar-refractivity contribution in [2.24, 2.45) is 0 Å². The van der Waals surface area contributed by atoms with Crippen LogP contribution < -0.4 is 0 Å². The molecule has 2 saturated heterocycles. The molecule has 0 amide bonds. The van der Waals surface area contributed by atoms with E-state index in [1.165, 1.54) is 72.1 Å². The maximum Gasteiger partial charge on any atom is 0.0508 e. The first-order valence-electron chi connectivity index (χ1n) is 7.21. The Morgan fingerprint density at radius 3 is 1.12 bits per heavy atom. The highest BCUT2D eigenvalue weighted by atomic mass is 15.4. The Balaban J connectivity index is 1.65. The molecule has 4 nitrogen and oxygen atoms in total. The van der Waals surface area contributed by atoms with Crippen molar-refractivity contribution in [3.8, 4) is 0 Å². The van der Waals surface area contributed by atoms with Crippen molar-refractivity contribution in [3.05, 3.63) is 0 Å². The molecule has 2 aliphatic heterocycles. The summed E-state index contributed by atoms with van der Waals surface area (Å²) in [6, 6.07) is 0. The molecule has 2 rings (SSSR count).